The summed E-state index contributed by atoms with van der Waals surface area (Å²) >= 11 is 1.30. The number of hydrogen-bond donors (Lipinski definition) is 1. The van der Waals surface area contributed by atoms with Gasteiger partial charge in [0, 0.05) is 25.4 Å². The van der Waals surface area contributed by atoms with Gasteiger partial charge in [0.1, 0.15) is 5.75 Å². The van der Waals surface area contributed by atoms with Crippen LogP contribution in [0.25, 0.3) is 4.96 Å². The summed E-state index contributed by atoms with van der Waals surface area (Å²) in [6, 6.07) is 9.26. The molecule has 3 aromatic rings. The highest BCUT2D eigenvalue weighted by Crippen LogP contribution is 2.20. The summed E-state index contributed by atoms with van der Waals surface area (Å²) < 4.78 is 6.94. The Kier molecular flexibility index (Phi) is 8.00. The number of carbonyl (C=O) groups is 1. The molecule has 2 aromatic heterocycles. The molecule has 2 heterocycles. The number of carbonyl (C=O) groups excluding carboxylic acids is 1. The van der Waals surface area contributed by atoms with Crippen LogP contribution in [-0.2, 0) is 17.8 Å². The second-order valence-electron chi connectivity index (χ2n) is 7.39. The van der Waals surface area contributed by atoms with Gasteiger partial charge in [0.25, 0.3) is 5.56 Å². The number of amides is 1. The van der Waals surface area contributed by atoms with Gasteiger partial charge >= 0.3 is 0 Å². The minimum Gasteiger partial charge on any atom is -0.494 e. The fourth-order valence-electron chi connectivity index (χ4n) is 2.96. The molecule has 0 atom stereocenters. The normalized spacial score (nSPS) is 10.9. The summed E-state index contributed by atoms with van der Waals surface area (Å²) in [6.07, 6.45) is 3.80. The van der Waals surface area contributed by atoms with E-state index in [9.17, 15) is 9.59 Å². The molecule has 0 aliphatic heterocycles. The number of unbranched alkanes of at least 4 members (excludes halogenated alkanes) is 1. The number of nitrogens with one attached hydrogen (secondary N) is 1. The Balaban J connectivity index is 1.54. The zero-order valence-electron chi connectivity index (χ0n) is 18.3. The zero-order valence-corrected chi connectivity index (χ0v) is 19.1. The molecule has 1 N–H and O–H groups in total. The highest BCUT2D eigenvalue weighted by molar-refractivity contribution is 7.20. The van der Waals surface area contributed by atoms with Crippen molar-refractivity contribution >= 4 is 27.3 Å². The Morgan fingerprint density at radius 1 is 1.23 bits per heavy atom. The number of likely N-dealkylation sites (N-methyl/N-ethyl adjacent to an activating group) is 1. The SMILES string of the molecule is CCCCOc1ccc(CNC(=O)CN(C)c2nn3c(=O)cc(CCC)nc3s2)cc1. The smallest absolute Gasteiger partial charge is 0.275 e. The predicted molar refractivity (Wildman–Crippen MR) is 123 cm³/mol. The molecule has 0 saturated carbocycles. The van der Waals surface area contributed by atoms with E-state index in [1.54, 1.807) is 11.9 Å². The van der Waals surface area contributed by atoms with Crippen molar-refractivity contribution in [2.45, 2.75) is 46.1 Å². The standard InChI is InChI=1S/C22H29N5O3S/c1-4-6-12-30-18-10-8-16(9-11-18)14-23-19(28)15-26(3)22-25-27-20(29)13-17(7-5-2)24-21(27)31-22/h8-11,13H,4-7,12,14-15H2,1-3H3,(H,23,28). The van der Waals surface area contributed by atoms with Crippen LogP contribution in [0, 0.1) is 0 Å². The maximum absolute atomic E-state index is 12.4. The van der Waals surface area contributed by atoms with Gasteiger partial charge < -0.3 is 15.0 Å². The first-order valence-corrected chi connectivity index (χ1v) is 11.4. The third-order valence-electron chi connectivity index (χ3n) is 4.68. The van der Waals surface area contributed by atoms with Crippen LogP contribution < -0.4 is 20.5 Å². The largest absolute Gasteiger partial charge is 0.494 e. The van der Waals surface area contributed by atoms with Gasteiger partial charge in [0.05, 0.1) is 13.2 Å². The predicted octanol–water partition coefficient (Wildman–Crippen LogP) is 3.04. The second kappa shape index (κ2) is 10.9. The number of rotatable bonds is 11. The lowest BCUT2D eigenvalue weighted by Gasteiger charge is -2.14. The number of hydrogen-bond acceptors (Lipinski definition) is 7. The average molecular weight is 444 g/mol. The van der Waals surface area contributed by atoms with Crippen molar-refractivity contribution in [1.29, 1.82) is 0 Å². The van der Waals surface area contributed by atoms with Gasteiger partial charge in [-0.1, -0.05) is 50.2 Å². The number of aryl methyl sites for hydroxylation is 1. The minimum atomic E-state index is -0.198. The molecule has 9 heteroatoms. The van der Waals surface area contributed by atoms with E-state index in [2.05, 4.69) is 22.3 Å². The molecule has 0 saturated heterocycles. The van der Waals surface area contributed by atoms with E-state index >= 15 is 0 Å². The molecular weight excluding hydrogens is 414 g/mol. The molecule has 166 valence electrons. The number of nitrogens with zero attached hydrogens (tertiary/aromatic N) is 4. The molecule has 0 aliphatic rings. The molecule has 1 aromatic carbocycles. The van der Waals surface area contributed by atoms with Crippen LogP contribution in [0.2, 0.25) is 0 Å². The highest BCUT2D eigenvalue weighted by atomic mass is 32.1. The van der Waals surface area contributed by atoms with Gasteiger partial charge in [0.2, 0.25) is 16.0 Å². The topological polar surface area (TPSA) is 88.8 Å². The Hall–Kier alpha value is -2.94. The Morgan fingerprint density at radius 3 is 2.71 bits per heavy atom. The van der Waals surface area contributed by atoms with E-state index in [1.807, 2.05) is 31.2 Å². The molecule has 0 bridgehead atoms. The fourth-order valence-corrected chi connectivity index (χ4v) is 3.85. The molecule has 0 fully saturated rings. The van der Waals surface area contributed by atoms with Crippen molar-refractivity contribution in [3.8, 4) is 5.75 Å². The highest BCUT2D eigenvalue weighted by Gasteiger charge is 2.14. The summed E-state index contributed by atoms with van der Waals surface area (Å²) in [7, 11) is 1.78. The number of aromatic nitrogens is 3. The number of anilines is 1. The average Bonchev–Trinajstić information content (AvgIpc) is 3.19. The molecule has 1 amide bonds. The lowest BCUT2D eigenvalue weighted by Crippen LogP contribution is -2.34. The van der Waals surface area contributed by atoms with Crippen LogP contribution in [0.5, 0.6) is 5.75 Å². The van der Waals surface area contributed by atoms with Crippen LogP contribution in [0.15, 0.2) is 35.1 Å². The van der Waals surface area contributed by atoms with Crippen LogP contribution in [-0.4, -0.2) is 40.7 Å². The first kappa shape index (κ1) is 22.7. The lowest BCUT2D eigenvalue weighted by atomic mass is 10.2. The van der Waals surface area contributed by atoms with Crippen molar-refractivity contribution in [3.05, 3.63) is 51.9 Å². The maximum Gasteiger partial charge on any atom is 0.275 e. The van der Waals surface area contributed by atoms with Gasteiger partial charge in [-0.05, 0) is 30.5 Å². The number of fused-ring (bicyclic) bond motifs is 1. The van der Waals surface area contributed by atoms with Crippen LogP contribution in [0.3, 0.4) is 0 Å². The second-order valence-corrected chi connectivity index (χ2v) is 8.33. The van der Waals surface area contributed by atoms with E-state index in [0.29, 0.717) is 23.2 Å². The third-order valence-corrected chi connectivity index (χ3v) is 5.70. The van der Waals surface area contributed by atoms with Gasteiger partial charge in [-0.25, -0.2) is 4.98 Å². The molecule has 3 rings (SSSR count). The number of benzene rings is 1. The molecule has 0 unspecified atom stereocenters. The molecule has 0 aliphatic carbocycles. The van der Waals surface area contributed by atoms with Crippen LogP contribution >= 0.6 is 11.3 Å². The first-order chi connectivity index (χ1) is 15.0. The van der Waals surface area contributed by atoms with Crippen LogP contribution in [0.4, 0.5) is 5.13 Å². The quantitative estimate of drug-likeness (QED) is 0.458. The van der Waals surface area contributed by atoms with Gasteiger partial charge in [-0.15, -0.1) is 5.10 Å². The van der Waals surface area contributed by atoms with Gasteiger partial charge in [0.15, 0.2) is 0 Å². The van der Waals surface area contributed by atoms with E-state index in [-0.39, 0.29) is 18.0 Å². The van der Waals surface area contributed by atoms with E-state index < -0.39 is 0 Å². The molecule has 8 nitrogen and oxygen atoms in total. The van der Waals surface area contributed by atoms with Crippen molar-refractivity contribution in [3.63, 3.8) is 0 Å². The summed E-state index contributed by atoms with van der Waals surface area (Å²) in [4.78, 5) is 31.4. The summed E-state index contributed by atoms with van der Waals surface area (Å²) in [5, 5.41) is 7.80. The van der Waals surface area contributed by atoms with Crippen molar-refractivity contribution < 1.29 is 9.53 Å². The Labute approximate surface area is 185 Å². The Bertz CT molecular complexity index is 1060. The zero-order chi connectivity index (χ0) is 22.2. The van der Waals surface area contributed by atoms with E-state index in [1.165, 1.54) is 21.9 Å². The maximum atomic E-state index is 12.4. The fraction of sp³-hybridized carbons (Fsp3) is 0.455. The summed E-state index contributed by atoms with van der Waals surface area (Å²) in [5.74, 6) is 0.710. The summed E-state index contributed by atoms with van der Waals surface area (Å²) in [5.41, 5.74) is 1.57. The van der Waals surface area contributed by atoms with E-state index in [4.69, 9.17) is 4.74 Å². The van der Waals surface area contributed by atoms with Gasteiger partial charge in [-0.2, -0.15) is 4.52 Å². The number of ether oxygens (including phenoxy) is 1. The van der Waals surface area contributed by atoms with Crippen molar-refractivity contribution in [2.24, 2.45) is 0 Å². The van der Waals surface area contributed by atoms with Crippen LogP contribution in [0.1, 0.15) is 44.4 Å². The molecule has 0 spiro atoms. The lowest BCUT2D eigenvalue weighted by molar-refractivity contribution is -0.119. The minimum absolute atomic E-state index is 0.128. The molecule has 0 radical (unpaired) electrons. The molecular formula is C22H29N5O3S. The van der Waals surface area contributed by atoms with Crippen molar-refractivity contribution in [1.82, 2.24) is 19.9 Å². The summed E-state index contributed by atoms with van der Waals surface area (Å²) in [6.45, 7) is 5.46. The molecule has 31 heavy (non-hydrogen) atoms. The van der Waals surface area contributed by atoms with E-state index in [0.717, 1.165) is 42.7 Å². The monoisotopic (exact) mass is 443 g/mol. The van der Waals surface area contributed by atoms with Gasteiger partial charge in [-0.3, -0.25) is 9.59 Å². The Morgan fingerprint density at radius 2 is 2.00 bits per heavy atom. The third kappa shape index (κ3) is 6.27. The first-order valence-electron chi connectivity index (χ1n) is 10.6. The van der Waals surface area contributed by atoms with Crippen molar-refractivity contribution in [2.75, 3.05) is 25.1 Å².